The molecule has 8 nitrogen and oxygen atoms in total. The highest BCUT2D eigenvalue weighted by molar-refractivity contribution is 7.10. The molecule has 0 bridgehead atoms. The van der Waals surface area contributed by atoms with Gasteiger partial charge in [-0.2, -0.15) is 0 Å². The van der Waals surface area contributed by atoms with Gasteiger partial charge in [-0.3, -0.25) is 9.69 Å². The minimum Gasteiger partial charge on any atom is -0.466 e. The molecule has 0 spiro atoms. The quantitative estimate of drug-likeness (QED) is 0.515. The second-order valence-electron chi connectivity index (χ2n) is 7.80. The van der Waals surface area contributed by atoms with Crippen molar-refractivity contribution in [3.63, 3.8) is 0 Å². The van der Waals surface area contributed by atoms with Gasteiger partial charge in [0.15, 0.2) is 5.78 Å². The number of nitrogens with zero attached hydrogens (tertiary/aromatic N) is 2. The molecule has 0 aliphatic carbocycles. The van der Waals surface area contributed by atoms with Crippen LogP contribution in [0.2, 0.25) is 0 Å². The van der Waals surface area contributed by atoms with E-state index in [-0.39, 0.29) is 11.8 Å². The Hall–Kier alpha value is -3.17. The number of esters is 1. The van der Waals surface area contributed by atoms with E-state index in [1.807, 2.05) is 41.8 Å². The monoisotopic (exact) mass is 454 g/mol. The van der Waals surface area contributed by atoms with Gasteiger partial charge in [0.2, 0.25) is 0 Å². The first-order valence-electron chi connectivity index (χ1n) is 10.5. The Bertz CT molecular complexity index is 1020. The van der Waals surface area contributed by atoms with Gasteiger partial charge in [-0.05, 0) is 42.6 Å². The summed E-state index contributed by atoms with van der Waals surface area (Å²) in [5.41, 5.74) is 2.81. The highest BCUT2D eigenvalue weighted by Crippen LogP contribution is 2.31. The number of rotatable bonds is 6. The summed E-state index contributed by atoms with van der Waals surface area (Å²) in [5, 5.41) is 7.59. The molecule has 9 heteroatoms. The van der Waals surface area contributed by atoms with Gasteiger partial charge in [0, 0.05) is 54.5 Å². The second-order valence-corrected chi connectivity index (χ2v) is 8.78. The molecule has 1 unspecified atom stereocenters. The highest BCUT2D eigenvalue weighted by Gasteiger charge is 2.35. The lowest BCUT2D eigenvalue weighted by atomic mass is 10.0. The van der Waals surface area contributed by atoms with Crippen LogP contribution < -0.4 is 15.5 Å². The van der Waals surface area contributed by atoms with E-state index in [0.29, 0.717) is 23.4 Å². The Labute approximate surface area is 190 Å². The minimum absolute atomic E-state index is 0.0564. The first-order valence-corrected chi connectivity index (χ1v) is 11.3. The Morgan fingerprint density at radius 1 is 1.12 bits per heavy atom. The fraction of sp³-hybridized carbons (Fsp3) is 0.348. The maximum Gasteiger partial charge on any atom is 0.338 e. The van der Waals surface area contributed by atoms with Crippen LogP contribution in [0.15, 0.2) is 53.0 Å². The van der Waals surface area contributed by atoms with Crippen molar-refractivity contribution in [3.8, 4) is 0 Å². The van der Waals surface area contributed by atoms with Gasteiger partial charge in [0.25, 0.3) is 0 Å². The number of urea groups is 1. The van der Waals surface area contributed by atoms with Crippen molar-refractivity contribution in [2.24, 2.45) is 0 Å². The average Bonchev–Trinajstić information content (AvgIpc) is 3.34. The van der Waals surface area contributed by atoms with Crippen LogP contribution in [-0.2, 0) is 9.53 Å². The Balaban J connectivity index is 1.48. The van der Waals surface area contributed by atoms with E-state index in [2.05, 4.69) is 20.4 Å². The lowest BCUT2D eigenvalue weighted by molar-refractivity contribution is -0.136. The molecule has 1 saturated heterocycles. The molecular formula is C23H26N4O4S. The third kappa shape index (κ3) is 4.68. The average molecular weight is 455 g/mol. The number of carbonyl (C=O) groups excluding carboxylic acids is 3. The number of benzene rings is 1. The number of carbonyl (C=O) groups is 3. The smallest absolute Gasteiger partial charge is 0.338 e. The van der Waals surface area contributed by atoms with E-state index < -0.39 is 12.0 Å². The summed E-state index contributed by atoms with van der Waals surface area (Å²) < 4.78 is 5.04. The summed E-state index contributed by atoms with van der Waals surface area (Å²) in [6, 6.07) is 10.6. The number of ketones is 1. The number of ether oxygens (including phenoxy) is 1. The standard InChI is InChI=1S/C23H26N4O4S/c1-15(28)16-5-7-17(8-6-16)27-11-9-26(10-12-27)14-18-20(22(29)31-2)21(25-23(30)24-18)19-4-3-13-32-19/h3-8,13,21H,9-12,14H2,1-2H3,(H2,24,25,30). The van der Waals surface area contributed by atoms with Gasteiger partial charge in [0.05, 0.1) is 18.7 Å². The van der Waals surface area contributed by atoms with Crippen LogP contribution in [0.1, 0.15) is 28.2 Å². The van der Waals surface area contributed by atoms with Crippen molar-refractivity contribution in [1.82, 2.24) is 15.5 Å². The SMILES string of the molecule is COC(=O)C1=C(CN2CCN(c3ccc(C(C)=O)cc3)CC2)NC(=O)NC1c1cccs1. The van der Waals surface area contributed by atoms with E-state index in [0.717, 1.165) is 36.7 Å². The topological polar surface area (TPSA) is 91.0 Å². The number of methoxy groups -OCH3 is 1. The number of hydrogen-bond donors (Lipinski definition) is 2. The van der Waals surface area contributed by atoms with Crippen molar-refractivity contribution in [3.05, 3.63) is 63.5 Å². The highest BCUT2D eigenvalue weighted by atomic mass is 32.1. The fourth-order valence-corrected chi connectivity index (χ4v) is 4.84. The van der Waals surface area contributed by atoms with E-state index in [1.54, 1.807) is 6.92 Å². The van der Waals surface area contributed by atoms with Gasteiger partial charge < -0.3 is 20.3 Å². The van der Waals surface area contributed by atoms with Crippen LogP contribution in [0.5, 0.6) is 0 Å². The Kier molecular flexibility index (Phi) is 6.57. The molecule has 1 fully saturated rings. The number of nitrogens with one attached hydrogen (secondary N) is 2. The molecule has 1 aromatic carbocycles. The van der Waals surface area contributed by atoms with Crippen molar-refractivity contribution in [2.75, 3.05) is 44.7 Å². The molecule has 2 aliphatic heterocycles. The predicted molar refractivity (Wildman–Crippen MR) is 123 cm³/mol. The summed E-state index contributed by atoms with van der Waals surface area (Å²) in [6.07, 6.45) is 0. The van der Waals surface area contributed by atoms with Gasteiger partial charge in [-0.25, -0.2) is 9.59 Å². The van der Waals surface area contributed by atoms with Gasteiger partial charge in [-0.15, -0.1) is 11.3 Å². The molecule has 4 rings (SSSR count). The molecule has 0 radical (unpaired) electrons. The van der Waals surface area contributed by atoms with Crippen LogP contribution in [0.3, 0.4) is 0 Å². The molecular weight excluding hydrogens is 428 g/mol. The third-order valence-electron chi connectivity index (χ3n) is 5.78. The zero-order valence-corrected chi connectivity index (χ0v) is 18.9. The van der Waals surface area contributed by atoms with E-state index in [9.17, 15) is 14.4 Å². The van der Waals surface area contributed by atoms with E-state index >= 15 is 0 Å². The van der Waals surface area contributed by atoms with E-state index in [1.165, 1.54) is 18.4 Å². The van der Waals surface area contributed by atoms with Crippen LogP contribution in [0, 0.1) is 0 Å². The van der Waals surface area contributed by atoms with Crippen molar-refractivity contribution >= 4 is 34.8 Å². The number of thiophene rings is 1. The van der Waals surface area contributed by atoms with Gasteiger partial charge >= 0.3 is 12.0 Å². The maximum atomic E-state index is 12.6. The zero-order chi connectivity index (χ0) is 22.7. The predicted octanol–water partition coefficient (Wildman–Crippen LogP) is 2.55. The lowest BCUT2D eigenvalue weighted by Crippen LogP contribution is -2.51. The third-order valence-corrected chi connectivity index (χ3v) is 6.72. The summed E-state index contributed by atoms with van der Waals surface area (Å²) in [7, 11) is 1.35. The number of hydrogen-bond acceptors (Lipinski definition) is 7. The van der Waals surface area contributed by atoms with Crippen LogP contribution in [0.25, 0.3) is 0 Å². The van der Waals surface area contributed by atoms with Crippen LogP contribution in [0.4, 0.5) is 10.5 Å². The normalized spacial score (nSPS) is 19.4. The van der Waals surface area contributed by atoms with Crippen molar-refractivity contribution < 1.29 is 19.1 Å². The lowest BCUT2D eigenvalue weighted by Gasteiger charge is -2.37. The fourth-order valence-electron chi connectivity index (χ4n) is 4.06. The Morgan fingerprint density at radius 2 is 1.84 bits per heavy atom. The largest absolute Gasteiger partial charge is 0.466 e. The van der Waals surface area contributed by atoms with Gasteiger partial charge in [0.1, 0.15) is 0 Å². The van der Waals surface area contributed by atoms with Gasteiger partial charge in [-0.1, -0.05) is 6.07 Å². The molecule has 168 valence electrons. The van der Waals surface area contributed by atoms with Crippen molar-refractivity contribution in [2.45, 2.75) is 13.0 Å². The van der Waals surface area contributed by atoms with Crippen LogP contribution in [-0.4, -0.2) is 62.5 Å². The number of Topliss-reactive ketones (excluding diaryl/α,β-unsaturated/α-hetero) is 1. The van der Waals surface area contributed by atoms with E-state index in [4.69, 9.17) is 4.74 Å². The molecule has 2 aliphatic rings. The number of piperazine rings is 1. The number of amides is 2. The molecule has 32 heavy (non-hydrogen) atoms. The molecule has 3 heterocycles. The molecule has 2 aromatic rings. The second kappa shape index (κ2) is 9.54. The number of anilines is 1. The first-order chi connectivity index (χ1) is 15.5. The van der Waals surface area contributed by atoms with Crippen LogP contribution >= 0.6 is 11.3 Å². The summed E-state index contributed by atoms with van der Waals surface area (Å²) in [4.78, 5) is 41.8. The molecule has 2 N–H and O–H groups in total. The molecule has 1 atom stereocenters. The zero-order valence-electron chi connectivity index (χ0n) is 18.1. The first kappa shape index (κ1) is 22.0. The molecule has 1 aromatic heterocycles. The minimum atomic E-state index is -0.521. The molecule has 2 amide bonds. The summed E-state index contributed by atoms with van der Waals surface area (Å²) in [5.74, 6) is -0.393. The molecule has 0 saturated carbocycles. The Morgan fingerprint density at radius 3 is 2.44 bits per heavy atom. The summed E-state index contributed by atoms with van der Waals surface area (Å²) >= 11 is 1.49. The summed E-state index contributed by atoms with van der Waals surface area (Å²) in [6.45, 7) is 5.19. The maximum absolute atomic E-state index is 12.6. The van der Waals surface area contributed by atoms with Crippen molar-refractivity contribution in [1.29, 1.82) is 0 Å².